The molecule has 0 aliphatic heterocycles. The molecule has 1 aromatic rings. The summed E-state index contributed by atoms with van der Waals surface area (Å²) in [5.74, 6) is -0.950. The van der Waals surface area contributed by atoms with Crippen LogP contribution < -0.4 is 10.1 Å². The zero-order valence-corrected chi connectivity index (χ0v) is 9.58. The second-order valence-electron chi connectivity index (χ2n) is 3.20. The van der Waals surface area contributed by atoms with Crippen LogP contribution in [0.25, 0.3) is 0 Å². The summed E-state index contributed by atoms with van der Waals surface area (Å²) in [6.45, 7) is 1.62. The molecule has 0 radical (unpaired) electrons. The Morgan fingerprint density at radius 3 is 2.61 bits per heavy atom. The van der Waals surface area contributed by atoms with Gasteiger partial charge in [0.05, 0.1) is 12.3 Å². The van der Waals surface area contributed by atoms with Gasteiger partial charge in [-0.15, -0.1) is 13.2 Å². The normalized spacial score (nSPS) is 10.9. The highest BCUT2D eigenvalue weighted by Crippen LogP contribution is 2.29. The Kier molecular flexibility index (Phi) is 4.82. The van der Waals surface area contributed by atoms with Crippen molar-refractivity contribution in [1.82, 2.24) is 0 Å². The van der Waals surface area contributed by atoms with E-state index >= 15 is 0 Å². The summed E-state index contributed by atoms with van der Waals surface area (Å²) in [6, 6.07) is 5.45. The van der Waals surface area contributed by atoms with Gasteiger partial charge in [0.25, 0.3) is 0 Å². The van der Waals surface area contributed by atoms with E-state index in [1.165, 1.54) is 18.2 Å². The van der Waals surface area contributed by atoms with Crippen molar-refractivity contribution >= 4 is 11.7 Å². The molecule has 1 rings (SSSR count). The molecule has 0 fully saturated rings. The van der Waals surface area contributed by atoms with Crippen molar-refractivity contribution in [2.24, 2.45) is 0 Å². The highest BCUT2D eigenvalue weighted by atomic mass is 19.4. The molecule has 7 heteroatoms. The molecule has 0 aliphatic rings. The van der Waals surface area contributed by atoms with Gasteiger partial charge >= 0.3 is 12.3 Å². The van der Waals surface area contributed by atoms with Gasteiger partial charge in [0.15, 0.2) is 5.75 Å². The van der Waals surface area contributed by atoms with Gasteiger partial charge < -0.3 is 14.8 Å². The maximum Gasteiger partial charge on any atom is 0.573 e. The van der Waals surface area contributed by atoms with Gasteiger partial charge in [-0.2, -0.15) is 0 Å². The molecule has 1 N–H and O–H groups in total. The Labute approximate surface area is 102 Å². The van der Waals surface area contributed by atoms with Crippen molar-refractivity contribution in [2.75, 3.05) is 18.5 Å². The van der Waals surface area contributed by atoms with Gasteiger partial charge in [-0.05, 0) is 19.1 Å². The molecule has 0 atom stereocenters. The predicted molar refractivity (Wildman–Crippen MR) is 58.2 cm³/mol. The van der Waals surface area contributed by atoms with Gasteiger partial charge in [0, 0.05) is 0 Å². The van der Waals surface area contributed by atoms with Crippen LogP contribution in [-0.2, 0) is 9.53 Å². The summed E-state index contributed by atoms with van der Waals surface area (Å²) in [5.41, 5.74) is 0.0721. The number of carbonyl (C=O) groups is 1. The minimum Gasteiger partial charge on any atom is -0.465 e. The maximum atomic E-state index is 12.1. The molecular weight excluding hydrogens is 251 g/mol. The summed E-state index contributed by atoms with van der Waals surface area (Å²) >= 11 is 0. The van der Waals surface area contributed by atoms with E-state index < -0.39 is 18.1 Å². The average Bonchev–Trinajstić information content (AvgIpc) is 2.26. The predicted octanol–water partition coefficient (Wildman–Crippen LogP) is 2.56. The molecule has 100 valence electrons. The van der Waals surface area contributed by atoms with Crippen LogP contribution >= 0.6 is 0 Å². The lowest BCUT2D eigenvalue weighted by Gasteiger charge is -2.13. The van der Waals surface area contributed by atoms with Crippen LogP contribution in [0.5, 0.6) is 5.75 Å². The number of anilines is 1. The third kappa shape index (κ3) is 4.94. The quantitative estimate of drug-likeness (QED) is 0.829. The molecule has 0 heterocycles. The molecule has 0 spiro atoms. The van der Waals surface area contributed by atoms with Crippen LogP contribution in [0.4, 0.5) is 18.9 Å². The molecule has 18 heavy (non-hydrogen) atoms. The molecule has 1 aromatic carbocycles. The molecule has 0 saturated heterocycles. The van der Waals surface area contributed by atoms with Crippen molar-refractivity contribution in [3.8, 4) is 5.75 Å². The zero-order valence-electron chi connectivity index (χ0n) is 9.58. The van der Waals surface area contributed by atoms with E-state index in [0.29, 0.717) is 0 Å². The molecule has 0 aromatic heterocycles. The van der Waals surface area contributed by atoms with Crippen molar-refractivity contribution in [3.63, 3.8) is 0 Å². The smallest absolute Gasteiger partial charge is 0.465 e. The molecule has 0 unspecified atom stereocenters. The van der Waals surface area contributed by atoms with Crippen LogP contribution in [0.2, 0.25) is 0 Å². The highest BCUT2D eigenvalue weighted by molar-refractivity contribution is 5.75. The first-order chi connectivity index (χ1) is 8.42. The molecule has 0 saturated carbocycles. The van der Waals surface area contributed by atoms with Crippen LogP contribution in [0.1, 0.15) is 6.92 Å². The fraction of sp³-hybridized carbons (Fsp3) is 0.364. The van der Waals surface area contributed by atoms with Gasteiger partial charge in [0.2, 0.25) is 0 Å². The fourth-order valence-corrected chi connectivity index (χ4v) is 1.21. The number of alkyl halides is 3. The first-order valence-corrected chi connectivity index (χ1v) is 5.16. The number of rotatable bonds is 5. The third-order valence-corrected chi connectivity index (χ3v) is 1.84. The number of benzene rings is 1. The van der Waals surface area contributed by atoms with E-state index in [-0.39, 0.29) is 18.8 Å². The lowest BCUT2D eigenvalue weighted by Crippen LogP contribution is -2.20. The lowest BCUT2D eigenvalue weighted by molar-refractivity contribution is -0.274. The van der Waals surface area contributed by atoms with Crippen molar-refractivity contribution in [1.29, 1.82) is 0 Å². The van der Waals surface area contributed by atoms with E-state index in [1.807, 2.05) is 0 Å². The minimum atomic E-state index is -4.78. The minimum absolute atomic E-state index is 0.0721. The lowest BCUT2D eigenvalue weighted by atomic mass is 10.3. The van der Waals surface area contributed by atoms with Gasteiger partial charge in [-0.25, -0.2) is 0 Å². The maximum absolute atomic E-state index is 12.1. The van der Waals surface area contributed by atoms with Crippen LogP contribution in [-0.4, -0.2) is 25.5 Å². The summed E-state index contributed by atoms with van der Waals surface area (Å²) in [5, 5.41) is 2.52. The number of esters is 1. The largest absolute Gasteiger partial charge is 0.573 e. The third-order valence-electron chi connectivity index (χ3n) is 1.84. The van der Waals surface area contributed by atoms with Crippen LogP contribution in [0.15, 0.2) is 24.3 Å². The summed E-state index contributed by atoms with van der Waals surface area (Å²) in [4.78, 5) is 11.1. The van der Waals surface area contributed by atoms with Crippen molar-refractivity contribution < 1.29 is 27.4 Å². The highest BCUT2D eigenvalue weighted by Gasteiger charge is 2.32. The van der Waals surface area contributed by atoms with Gasteiger partial charge in [-0.3, -0.25) is 4.79 Å². The molecule has 0 aliphatic carbocycles. The van der Waals surface area contributed by atoms with E-state index in [0.717, 1.165) is 6.07 Å². The Hall–Kier alpha value is -1.92. The van der Waals surface area contributed by atoms with E-state index in [9.17, 15) is 18.0 Å². The van der Waals surface area contributed by atoms with Crippen LogP contribution in [0.3, 0.4) is 0 Å². The Bertz CT molecular complexity index is 407. The number of para-hydroxylation sites is 2. The first-order valence-electron chi connectivity index (χ1n) is 5.16. The Morgan fingerprint density at radius 1 is 1.33 bits per heavy atom. The monoisotopic (exact) mass is 263 g/mol. The Morgan fingerprint density at radius 2 is 2.00 bits per heavy atom. The summed E-state index contributed by atoms with van der Waals surface area (Å²) < 4.78 is 44.7. The van der Waals surface area contributed by atoms with Crippen molar-refractivity contribution in [2.45, 2.75) is 13.3 Å². The number of hydrogen-bond donors (Lipinski definition) is 1. The molecule has 0 amide bonds. The topological polar surface area (TPSA) is 47.6 Å². The second-order valence-corrected chi connectivity index (χ2v) is 3.20. The second kappa shape index (κ2) is 6.13. The van der Waals surface area contributed by atoms with Crippen LogP contribution in [0, 0.1) is 0 Å². The summed E-state index contributed by atoms with van der Waals surface area (Å²) in [6.07, 6.45) is -4.78. The van der Waals surface area contributed by atoms with Gasteiger partial charge in [-0.1, -0.05) is 12.1 Å². The molecule has 0 bridgehead atoms. The SMILES string of the molecule is CCOC(=O)CNc1ccccc1OC(F)(F)F. The fourth-order valence-electron chi connectivity index (χ4n) is 1.21. The zero-order chi connectivity index (χ0) is 13.6. The molecule has 4 nitrogen and oxygen atoms in total. The Balaban J connectivity index is 2.67. The molecular formula is C11H12F3NO3. The number of ether oxygens (including phenoxy) is 2. The standard InChI is InChI=1S/C11H12F3NO3/c1-2-17-10(16)7-15-8-5-3-4-6-9(8)18-11(12,13)14/h3-6,15H,2,7H2,1H3. The number of carbonyl (C=O) groups excluding carboxylic acids is 1. The van der Waals surface area contributed by atoms with E-state index in [1.54, 1.807) is 6.92 Å². The first kappa shape index (κ1) is 14.1. The van der Waals surface area contributed by atoms with E-state index in [4.69, 9.17) is 0 Å². The number of nitrogens with one attached hydrogen (secondary N) is 1. The average molecular weight is 263 g/mol. The summed E-state index contributed by atoms with van der Waals surface area (Å²) in [7, 11) is 0. The number of halogens is 3. The van der Waals surface area contributed by atoms with Crippen molar-refractivity contribution in [3.05, 3.63) is 24.3 Å². The van der Waals surface area contributed by atoms with E-state index in [2.05, 4.69) is 14.8 Å². The number of hydrogen-bond acceptors (Lipinski definition) is 4. The van der Waals surface area contributed by atoms with Gasteiger partial charge in [0.1, 0.15) is 6.54 Å².